The van der Waals surface area contributed by atoms with Gasteiger partial charge in [-0.15, -0.1) is 0 Å². The van der Waals surface area contributed by atoms with Gasteiger partial charge in [0.25, 0.3) is 17.2 Å². The molecule has 170 valence electrons. The summed E-state index contributed by atoms with van der Waals surface area (Å²) in [6.45, 7) is 7.48. The van der Waals surface area contributed by atoms with E-state index < -0.39 is 17.4 Å². The average Bonchev–Trinajstić information content (AvgIpc) is 3.25. The lowest BCUT2D eigenvalue weighted by molar-refractivity contribution is -0.577. The van der Waals surface area contributed by atoms with Crippen LogP contribution in [0.5, 0.6) is 0 Å². The second-order valence-corrected chi connectivity index (χ2v) is 8.65. The molecule has 0 radical (unpaired) electrons. The Hall–Kier alpha value is -3.45. The van der Waals surface area contributed by atoms with Crippen molar-refractivity contribution < 1.29 is 14.2 Å². The van der Waals surface area contributed by atoms with E-state index in [-0.39, 0.29) is 22.9 Å². The van der Waals surface area contributed by atoms with E-state index in [2.05, 4.69) is 5.10 Å². The van der Waals surface area contributed by atoms with Crippen LogP contribution in [0.15, 0.2) is 53.6 Å². The van der Waals surface area contributed by atoms with Gasteiger partial charge in [-0.1, -0.05) is 31.5 Å². The second-order valence-electron chi connectivity index (χ2n) is 8.21. The molecule has 7 nitrogen and oxygen atoms in total. The normalized spacial score (nSPS) is 14.2. The Kier molecular flexibility index (Phi) is 6.08. The van der Waals surface area contributed by atoms with Gasteiger partial charge in [-0.3, -0.25) is 24.4 Å². The van der Waals surface area contributed by atoms with E-state index in [1.54, 1.807) is 48.9 Å². The number of carbonyl (C=O) groups excluding carboxylic acids is 2. The molecule has 0 aliphatic carbocycles. The molecular formula is C25H26ClN4O3+. The minimum absolute atomic E-state index is 0.117. The first-order chi connectivity index (χ1) is 15.8. The van der Waals surface area contributed by atoms with E-state index in [1.165, 1.54) is 9.58 Å². The highest BCUT2D eigenvalue weighted by Crippen LogP contribution is 2.31. The molecule has 3 aromatic rings. The van der Waals surface area contributed by atoms with Crippen LogP contribution in [-0.4, -0.2) is 32.5 Å². The zero-order chi connectivity index (χ0) is 23.9. The van der Waals surface area contributed by atoms with E-state index in [4.69, 9.17) is 11.6 Å². The first-order valence-electron chi connectivity index (χ1n) is 11.0. The summed E-state index contributed by atoms with van der Waals surface area (Å²) >= 11 is 6.14. The van der Waals surface area contributed by atoms with Crippen molar-refractivity contribution in [2.75, 3.05) is 0 Å². The summed E-state index contributed by atoms with van der Waals surface area (Å²) in [6.07, 6.45) is 4.80. The molecular weight excluding hydrogens is 440 g/mol. The summed E-state index contributed by atoms with van der Waals surface area (Å²) in [6, 6.07) is 10.3. The number of carbonyl (C=O) groups is 2. The molecule has 1 aromatic carbocycles. The zero-order valence-corrected chi connectivity index (χ0v) is 19.8. The summed E-state index contributed by atoms with van der Waals surface area (Å²) in [5.41, 5.74) is 2.25. The lowest BCUT2D eigenvalue weighted by Crippen LogP contribution is -2.42. The van der Waals surface area contributed by atoms with Gasteiger partial charge in [-0.25, -0.2) is 4.68 Å². The van der Waals surface area contributed by atoms with Gasteiger partial charge in [0.05, 0.1) is 11.3 Å². The van der Waals surface area contributed by atoms with Crippen molar-refractivity contribution >= 4 is 34.7 Å². The predicted molar refractivity (Wildman–Crippen MR) is 127 cm³/mol. The minimum atomic E-state index is -0.469. The number of hydrogen-bond donors (Lipinski definition) is 1. The summed E-state index contributed by atoms with van der Waals surface area (Å²) in [5.74, 6) is -0.886. The van der Waals surface area contributed by atoms with Gasteiger partial charge in [0.1, 0.15) is 5.57 Å². The number of amides is 2. The number of aromatic nitrogens is 3. The molecule has 2 aromatic heterocycles. The zero-order valence-electron chi connectivity index (χ0n) is 19.1. The van der Waals surface area contributed by atoms with E-state index >= 15 is 0 Å². The SMILES string of the molecule is CCc1ccc[n+](C2=C(c3c(CC)[nH]n(-c4cccc(Cl)c4)c3=O)C(=O)N(C(C)C)C2=O)c1. The summed E-state index contributed by atoms with van der Waals surface area (Å²) in [5, 5.41) is 3.60. The van der Waals surface area contributed by atoms with Gasteiger partial charge >= 0.3 is 5.91 Å². The van der Waals surface area contributed by atoms with Crippen molar-refractivity contribution in [1.29, 1.82) is 0 Å². The van der Waals surface area contributed by atoms with Crippen LogP contribution in [0.3, 0.4) is 0 Å². The topological polar surface area (TPSA) is 79.1 Å². The fourth-order valence-corrected chi connectivity index (χ4v) is 4.32. The Bertz CT molecular complexity index is 1350. The van der Waals surface area contributed by atoms with E-state index in [1.807, 2.05) is 32.2 Å². The van der Waals surface area contributed by atoms with Crippen LogP contribution < -0.4 is 10.1 Å². The lowest BCUT2D eigenvalue weighted by atomic mass is 10.0. The largest absolute Gasteiger partial charge is 0.327 e. The van der Waals surface area contributed by atoms with Crippen LogP contribution in [0.2, 0.25) is 5.02 Å². The summed E-state index contributed by atoms with van der Waals surface area (Å²) in [4.78, 5) is 41.9. The van der Waals surface area contributed by atoms with E-state index in [0.29, 0.717) is 22.8 Å². The Morgan fingerprint density at radius 3 is 2.42 bits per heavy atom. The molecule has 0 fully saturated rings. The third-order valence-electron chi connectivity index (χ3n) is 5.77. The van der Waals surface area contributed by atoms with E-state index in [0.717, 1.165) is 12.0 Å². The van der Waals surface area contributed by atoms with Crippen LogP contribution in [0, 0.1) is 0 Å². The lowest BCUT2D eigenvalue weighted by Gasteiger charge is -2.17. The maximum absolute atomic E-state index is 13.6. The number of pyridine rings is 1. The van der Waals surface area contributed by atoms with Crippen LogP contribution in [-0.2, 0) is 22.4 Å². The number of hydrogen-bond acceptors (Lipinski definition) is 3. The third-order valence-corrected chi connectivity index (χ3v) is 6.01. The molecule has 2 amide bonds. The highest BCUT2D eigenvalue weighted by atomic mass is 35.5. The highest BCUT2D eigenvalue weighted by Gasteiger charge is 2.48. The number of imide groups is 1. The Morgan fingerprint density at radius 1 is 1.03 bits per heavy atom. The molecule has 33 heavy (non-hydrogen) atoms. The van der Waals surface area contributed by atoms with Crippen LogP contribution >= 0.6 is 11.6 Å². The molecule has 0 spiro atoms. The number of benzene rings is 1. The molecule has 0 atom stereocenters. The van der Waals surface area contributed by atoms with Gasteiger partial charge in [-0.2, -0.15) is 4.57 Å². The monoisotopic (exact) mass is 465 g/mol. The molecule has 1 N–H and O–H groups in total. The first kappa shape index (κ1) is 22.7. The maximum atomic E-state index is 13.6. The van der Waals surface area contributed by atoms with Gasteiger partial charge in [0, 0.05) is 28.4 Å². The molecule has 0 saturated heterocycles. The maximum Gasteiger partial charge on any atom is 0.327 e. The number of aryl methyl sites for hydroxylation is 2. The smallest absolute Gasteiger partial charge is 0.294 e. The Balaban J connectivity index is 2.03. The minimum Gasteiger partial charge on any atom is -0.294 e. The Morgan fingerprint density at radius 2 is 1.79 bits per heavy atom. The fraction of sp³-hybridized carbons (Fsp3) is 0.280. The van der Waals surface area contributed by atoms with Crippen molar-refractivity contribution in [1.82, 2.24) is 14.7 Å². The molecule has 3 heterocycles. The Labute approximate surface area is 196 Å². The molecule has 8 heteroatoms. The summed E-state index contributed by atoms with van der Waals surface area (Å²) in [7, 11) is 0. The van der Waals surface area contributed by atoms with Crippen molar-refractivity contribution in [3.63, 3.8) is 0 Å². The van der Waals surface area contributed by atoms with Gasteiger partial charge in [-0.05, 0) is 51.0 Å². The van der Waals surface area contributed by atoms with Crippen molar-refractivity contribution in [3.05, 3.63) is 81.0 Å². The van der Waals surface area contributed by atoms with Crippen LogP contribution in [0.4, 0.5) is 0 Å². The van der Waals surface area contributed by atoms with Crippen molar-refractivity contribution in [3.8, 4) is 5.69 Å². The number of nitrogens with zero attached hydrogens (tertiary/aromatic N) is 3. The first-order valence-corrected chi connectivity index (χ1v) is 11.4. The number of H-pyrrole nitrogens is 1. The standard InChI is InChI=1S/C25H25ClN4O3/c1-5-16-9-8-12-28(14-16)22-21(23(31)29(15(3)4)25(22)33)20-19(6-2)27-30(24(20)32)18-11-7-10-17(26)13-18/h7-15H,5-6H2,1-4H3/p+1. The molecule has 1 aliphatic heterocycles. The van der Waals surface area contributed by atoms with Gasteiger partial charge < -0.3 is 0 Å². The van der Waals surface area contributed by atoms with Gasteiger partial charge in [0.15, 0.2) is 12.4 Å². The molecule has 4 rings (SSSR count). The number of rotatable bonds is 6. The van der Waals surface area contributed by atoms with Crippen LogP contribution in [0.1, 0.15) is 44.5 Å². The van der Waals surface area contributed by atoms with Gasteiger partial charge in [0.2, 0.25) is 0 Å². The van der Waals surface area contributed by atoms with E-state index in [9.17, 15) is 14.4 Å². The third kappa shape index (κ3) is 3.82. The molecule has 1 aliphatic rings. The molecule has 0 bridgehead atoms. The predicted octanol–water partition coefficient (Wildman–Crippen LogP) is 3.38. The number of nitrogens with one attached hydrogen (secondary N) is 1. The van der Waals surface area contributed by atoms with Crippen LogP contribution in [0.25, 0.3) is 17.0 Å². The van der Waals surface area contributed by atoms with Crippen molar-refractivity contribution in [2.24, 2.45) is 0 Å². The number of aromatic amines is 1. The second kappa shape index (κ2) is 8.83. The summed E-state index contributed by atoms with van der Waals surface area (Å²) < 4.78 is 3.03. The average molecular weight is 466 g/mol. The quantitative estimate of drug-likeness (QED) is 0.447. The highest BCUT2D eigenvalue weighted by molar-refractivity contribution is 6.44. The fourth-order valence-electron chi connectivity index (χ4n) is 4.13. The molecule has 0 saturated carbocycles. The van der Waals surface area contributed by atoms with Crippen molar-refractivity contribution in [2.45, 2.75) is 46.6 Å². The molecule has 0 unspecified atom stereocenters. The number of halogens is 1.